The summed E-state index contributed by atoms with van der Waals surface area (Å²) in [4.78, 5) is 55.3. The van der Waals surface area contributed by atoms with Gasteiger partial charge in [0.1, 0.15) is 11.8 Å². The summed E-state index contributed by atoms with van der Waals surface area (Å²) in [7, 11) is 0. The Hall–Kier alpha value is -3.08. The topological polar surface area (TPSA) is 88.5 Å². The Morgan fingerprint density at radius 1 is 0.875 bits per heavy atom. The van der Waals surface area contributed by atoms with E-state index in [0.717, 1.165) is 28.7 Å². The number of rotatable bonds is 5. The zero-order chi connectivity index (χ0) is 28.1. The minimum atomic E-state index is -0.778. The van der Waals surface area contributed by atoms with Crippen LogP contribution < -0.4 is 15.1 Å². The molecule has 6 rings (SSSR count). The van der Waals surface area contributed by atoms with Crippen LogP contribution in [0.1, 0.15) is 16.4 Å². The maximum absolute atomic E-state index is 13.8. The number of carbonyl (C=O) groups is 3. The highest BCUT2D eigenvalue weighted by Crippen LogP contribution is 2.53. The average Bonchev–Trinajstić information content (AvgIpc) is 3.38. The number of nitrogens with one attached hydrogen (secondary N) is 1. The second-order valence-corrected chi connectivity index (χ2v) is 12.6. The van der Waals surface area contributed by atoms with Crippen molar-refractivity contribution in [1.82, 2.24) is 4.57 Å². The highest BCUT2D eigenvalue weighted by atomic mass is 35.5. The number of thiazole rings is 1. The maximum Gasteiger partial charge on any atom is 0.308 e. The van der Waals surface area contributed by atoms with E-state index in [0.29, 0.717) is 31.3 Å². The molecular weight excluding hydrogens is 613 g/mol. The molecule has 4 aromatic rings. The first-order valence-electron chi connectivity index (χ1n) is 12.1. The number of anilines is 2. The third-order valence-corrected chi connectivity index (χ3v) is 10.4. The Balaban J connectivity index is 1.40. The molecule has 2 aliphatic heterocycles. The fourth-order valence-electron chi connectivity index (χ4n) is 5.03. The lowest BCUT2D eigenvalue weighted by atomic mass is 9.83. The zero-order valence-corrected chi connectivity index (χ0v) is 24.2. The normalized spacial score (nSPS) is 19.9. The van der Waals surface area contributed by atoms with Crippen LogP contribution in [0.2, 0.25) is 15.1 Å². The summed E-state index contributed by atoms with van der Waals surface area (Å²) in [5.41, 5.74) is 1.67. The molecular formula is C28H18Cl3N3O4S2. The van der Waals surface area contributed by atoms with E-state index in [4.69, 9.17) is 34.8 Å². The summed E-state index contributed by atoms with van der Waals surface area (Å²) in [6.45, 7) is -0.285. The molecule has 1 aromatic heterocycles. The van der Waals surface area contributed by atoms with Crippen molar-refractivity contribution >= 4 is 87.0 Å². The molecule has 202 valence electrons. The van der Waals surface area contributed by atoms with Crippen molar-refractivity contribution in [3.63, 3.8) is 0 Å². The monoisotopic (exact) mass is 629 g/mol. The minimum absolute atomic E-state index is 0.282. The number of halogens is 3. The van der Waals surface area contributed by atoms with Crippen molar-refractivity contribution in [3.8, 4) is 0 Å². The Morgan fingerprint density at radius 2 is 1.60 bits per heavy atom. The first-order valence-corrected chi connectivity index (χ1v) is 14.9. The number of amides is 3. The number of carbonyl (C=O) groups excluding carboxylic acids is 3. The minimum Gasteiger partial charge on any atom is -0.324 e. The number of thioether (sulfide) groups is 1. The highest BCUT2D eigenvalue weighted by molar-refractivity contribution is 8.00. The van der Waals surface area contributed by atoms with E-state index in [1.807, 2.05) is 6.07 Å². The lowest BCUT2D eigenvalue weighted by Gasteiger charge is -2.30. The third-order valence-electron chi connectivity index (χ3n) is 6.80. The largest absolute Gasteiger partial charge is 0.324 e. The molecule has 3 heterocycles. The Bertz CT molecular complexity index is 1720. The van der Waals surface area contributed by atoms with E-state index in [1.165, 1.54) is 15.5 Å². The number of hydrogen-bond acceptors (Lipinski definition) is 6. The summed E-state index contributed by atoms with van der Waals surface area (Å²) in [6.07, 6.45) is 0. The second kappa shape index (κ2) is 10.7. The second-order valence-electron chi connectivity index (χ2n) is 9.24. The van der Waals surface area contributed by atoms with Crippen LogP contribution in [0.3, 0.4) is 0 Å². The van der Waals surface area contributed by atoms with Gasteiger partial charge in [-0.05, 0) is 48.0 Å². The number of benzene rings is 3. The van der Waals surface area contributed by atoms with Crippen molar-refractivity contribution in [1.29, 1.82) is 0 Å². The Labute approximate surface area is 251 Å². The number of hydrogen-bond donors (Lipinski definition) is 1. The average molecular weight is 631 g/mol. The molecule has 7 nitrogen and oxygen atoms in total. The predicted octanol–water partition coefficient (Wildman–Crippen LogP) is 6.30. The van der Waals surface area contributed by atoms with Crippen molar-refractivity contribution in [2.24, 2.45) is 5.92 Å². The molecule has 0 aliphatic carbocycles. The molecule has 1 fully saturated rings. The van der Waals surface area contributed by atoms with E-state index in [1.54, 1.807) is 60.7 Å². The summed E-state index contributed by atoms with van der Waals surface area (Å²) in [6, 6.07) is 20.5. The number of nitrogens with zero attached hydrogens (tertiary/aromatic N) is 2. The standard InChI is InChI=1S/C28H18Cl3N3O4S2/c29-15-8-6-14(7-9-15)21-22-23(26(37)34(25(22)36)17-4-2-1-3-5-17)39-27-24(21)40-28(38)33(27)13-20(35)32-16-10-11-18(30)19(31)12-16/h1-12,21-23H,13H2,(H,32,35). The lowest BCUT2D eigenvalue weighted by molar-refractivity contribution is -0.122. The quantitative estimate of drug-likeness (QED) is 0.261. The SMILES string of the molecule is O=C(Cn1c2c(sc1=O)C(c1ccc(Cl)cc1)C1C(=O)N(c3ccccc3)C(=O)C1S2)Nc1ccc(Cl)c(Cl)c1. The van der Waals surface area contributed by atoms with Gasteiger partial charge in [-0.2, -0.15) is 0 Å². The highest BCUT2D eigenvalue weighted by Gasteiger charge is 2.56. The lowest BCUT2D eigenvalue weighted by Crippen LogP contribution is -2.33. The van der Waals surface area contributed by atoms with Crippen LogP contribution in [0.25, 0.3) is 0 Å². The van der Waals surface area contributed by atoms with E-state index in [2.05, 4.69) is 5.32 Å². The van der Waals surface area contributed by atoms with Crippen LogP contribution in [0, 0.1) is 5.92 Å². The molecule has 0 spiro atoms. The molecule has 2 aliphatic rings. The van der Waals surface area contributed by atoms with Gasteiger partial charge in [0.2, 0.25) is 17.7 Å². The molecule has 0 radical (unpaired) electrons. The predicted molar refractivity (Wildman–Crippen MR) is 159 cm³/mol. The van der Waals surface area contributed by atoms with Gasteiger partial charge in [-0.25, -0.2) is 4.90 Å². The number of imide groups is 1. The summed E-state index contributed by atoms with van der Waals surface area (Å²) >= 11 is 20.3. The molecule has 12 heteroatoms. The van der Waals surface area contributed by atoms with Crippen LogP contribution >= 0.6 is 57.9 Å². The van der Waals surface area contributed by atoms with Crippen molar-refractivity contribution < 1.29 is 14.4 Å². The summed E-state index contributed by atoms with van der Waals surface area (Å²) in [5, 5.41) is 3.60. The third kappa shape index (κ3) is 4.76. The van der Waals surface area contributed by atoms with Gasteiger partial charge in [0.15, 0.2) is 0 Å². The Morgan fingerprint density at radius 3 is 2.30 bits per heavy atom. The van der Waals surface area contributed by atoms with Gasteiger partial charge in [-0.1, -0.05) is 88.2 Å². The molecule has 3 aromatic carbocycles. The number of aromatic nitrogens is 1. The fourth-order valence-corrected chi connectivity index (χ4v) is 8.23. The molecule has 40 heavy (non-hydrogen) atoms. The van der Waals surface area contributed by atoms with Crippen molar-refractivity contribution in [2.45, 2.75) is 22.7 Å². The van der Waals surface area contributed by atoms with Gasteiger partial charge in [-0.15, -0.1) is 0 Å². The molecule has 1 saturated heterocycles. The van der Waals surface area contributed by atoms with Crippen LogP contribution in [0.15, 0.2) is 82.6 Å². The van der Waals surface area contributed by atoms with E-state index >= 15 is 0 Å². The molecule has 3 atom stereocenters. The smallest absolute Gasteiger partial charge is 0.308 e. The molecule has 3 unspecified atom stereocenters. The van der Waals surface area contributed by atoms with E-state index < -0.39 is 23.0 Å². The maximum atomic E-state index is 13.8. The molecule has 3 amide bonds. The van der Waals surface area contributed by atoms with Gasteiger partial charge in [-0.3, -0.25) is 23.7 Å². The van der Waals surface area contributed by atoms with Gasteiger partial charge < -0.3 is 5.32 Å². The van der Waals surface area contributed by atoms with Crippen LogP contribution in [0.4, 0.5) is 11.4 Å². The van der Waals surface area contributed by atoms with Gasteiger partial charge in [0.25, 0.3) is 0 Å². The molecule has 1 N–H and O–H groups in total. The Kier molecular flexibility index (Phi) is 7.27. The fraction of sp³-hybridized carbons (Fsp3) is 0.143. The van der Waals surface area contributed by atoms with Crippen LogP contribution in [-0.2, 0) is 20.9 Å². The van der Waals surface area contributed by atoms with Crippen LogP contribution in [-0.4, -0.2) is 27.5 Å². The van der Waals surface area contributed by atoms with Crippen molar-refractivity contribution in [3.05, 3.63) is 108 Å². The van der Waals surface area contributed by atoms with E-state index in [-0.39, 0.29) is 28.3 Å². The summed E-state index contributed by atoms with van der Waals surface area (Å²) < 4.78 is 1.36. The van der Waals surface area contributed by atoms with Crippen molar-refractivity contribution in [2.75, 3.05) is 10.2 Å². The van der Waals surface area contributed by atoms with E-state index in [9.17, 15) is 19.2 Å². The molecule has 0 bridgehead atoms. The summed E-state index contributed by atoms with van der Waals surface area (Å²) in [5.74, 6) is -2.44. The van der Waals surface area contributed by atoms with Gasteiger partial charge in [0, 0.05) is 21.5 Å². The van der Waals surface area contributed by atoms with Crippen LogP contribution in [0.5, 0.6) is 0 Å². The van der Waals surface area contributed by atoms with Gasteiger partial charge in [0.05, 0.1) is 26.7 Å². The van der Waals surface area contributed by atoms with Gasteiger partial charge >= 0.3 is 4.87 Å². The zero-order valence-electron chi connectivity index (χ0n) is 20.3. The first kappa shape index (κ1) is 27.1. The first-order chi connectivity index (χ1) is 19.2. The number of para-hydroxylation sites is 1. The molecule has 0 saturated carbocycles. The number of fused-ring (bicyclic) bond motifs is 2.